The molecule has 0 atom stereocenters. The summed E-state index contributed by atoms with van der Waals surface area (Å²) in [5.41, 5.74) is 4.79. The Hall–Kier alpha value is -0.578. The molecule has 0 aliphatic carbocycles. The van der Waals surface area contributed by atoms with E-state index >= 15 is 0 Å². The molecule has 0 spiro atoms. The molecule has 1 aromatic carbocycles. The van der Waals surface area contributed by atoms with Gasteiger partial charge in [0.1, 0.15) is 0 Å². The summed E-state index contributed by atoms with van der Waals surface area (Å²) in [6.45, 7) is 14.0. The third kappa shape index (κ3) is 4.79. The quantitative estimate of drug-likeness (QED) is 0.746. The van der Waals surface area contributed by atoms with Gasteiger partial charge in [-0.1, -0.05) is 71.0 Å². The highest BCUT2D eigenvalue weighted by molar-refractivity contribution is 7.12. The minimum Gasteiger partial charge on any atom is -0.412 e. The summed E-state index contributed by atoms with van der Waals surface area (Å²) in [5.74, 6) is 2.04. The minimum absolute atomic E-state index is 0. The van der Waals surface area contributed by atoms with Gasteiger partial charge in [0.25, 0.3) is 0 Å². The number of rotatable bonds is 4. The molecular formula is C15H31BO2Si. The van der Waals surface area contributed by atoms with Crippen LogP contribution in [-0.2, 0) is 0 Å². The Bertz CT molecular complexity index is 378. The fraction of sp³-hybridized carbons (Fsp3) is 0.600. The average molecular weight is 282 g/mol. The average Bonchev–Trinajstić information content (AvgIpc) is 2.26. The molecule has 4 N–H and O–H groups in total. The summed E-state index contributed by atoms with van der Waals surface area (Å²) < 4.78 is 0. The van der Waals surface area contributed by atoms with Crippen LogP contribution in [-0.4, -0.2) is 27.4 Å². The monoisotopic (exact) mass is 282 g/mol. The van der Waals surface area contributed by atoms with E-state index in [-0.39, 0.29) is 11.0 Å². The maximum Gasteiger partial charge on any atom is 0.161 e. The van der Waals surface area contributed by atoms with Gasteiger partial charge in [-0.05, 0) is 33.1 Å². The molecule has 1 aromatic rings. The highest BCUT2D eigenvalue weighted by atomic mass is 28.1. The number of benzene rings is 1. The zero-order chi connectivity index (χ0) is 13.2. The van der Waals surface area contributed by atoms with E-state index in [4.69, 9.17) is 0 Å². The van der Waals surface area contributed by atoms with Crippen LogP contribution in [0.5, 0.6) is 0 Å². The number of hydrogen-bond acceptors (Lipinski definition) is 0. The third-order valence-electron chi connectivity index (χ3n) is 3.86. The molecule has 0 radical (unpaired) electrons. The maximum absolute atomic E-state index is 2.36. The van der Waals surface area contributed by atoms with Crippen LogP contribution in [0.25, 0.3) is 0 Å². The Morgan fingerprint density at radius 1 is 0.895 bits per heavy atom. The fourth-order valence-electron chi connectivity index (χ4n) is 2.53. The molecular weight excluding hydrogens is 251 g/mol. The Morgan fingerprint density at radius 3 is 1.79 bits per heavy atom. The normalized spacial score (nSPS) is 10.6. The molecule has 0 saturated heterocycles. The molecule has 0 heterocycles. The fourth-order valence-corrected chi connectivity index (χ4v) is 3.03. The van der Waals surface area contributed by atoms with Gasteiger partial charge in [0, 0.05) is 0 Å². The summed E-state index contributed by atoms with van der Waals surface area (Å²) in [4.78, 5) is 0. The Morgan fingerprint density at radius 2 is 1.42 bits per heavy atom. The predicted octanol–water partition coefficient (Wildman–Crippen LogP) is 1.26. The summed E-state index contributed by atoms with van der Waals surface area (Å²) >= 11 is 0. The molecule has 0 bridgehead atoms. The van der Waals surface area contributed by atoms with Crippen molar-refractivity contribution in [2.24, 2.45) is 0 Å². The second-order valence-corrected chi connectivity index (χ2v) is 7.44. The van der Waals surface area contributed by atoms with Crippen molar-refractivity contribution in [2.45, 2.75) is 59.2 Å². The first-order valence-corrected chi connectivity index (χ1v) is 8.14. The highest BCUT2D eigenvalue weighted by Gasteiger charge is 2.21. The molecule has 0 unspecified atom stereocenters. The second-order valence-electron chi connectivity index (χ2n) is 6.19. The van der Waals surface area contributed by atoms with E-state index in [0.29, 0.717) is 11.8 Å². The van der Waals surface area contributed by atoms with Gasteiger partial charge in [0.2, 0.25) is 0 Å². The first-order valence-electron chi connectivity index (χ1n) is 6.98. The van der Waals surface area contributed by atoms with Gasteiger partial charge in [0.15, 0.2) is 6.31 Å². The topological polar surface area (TPSA) is 63.0 Å². The van der Waals surface area contributed by atoms with Crippen molar-refractivity contribution in [3.63, 3.8) is 0 Å². The van der Waals surface area contributed by atoms with Crippen LogP contribution in [0.15, 0.2) is 18.2 Å². The van der Waals surface area contributed by atoms with Crippen molar-refractivity contribution >= 4 is 21.9 Å². The first-order chi connectivity index (χ1) is 7.86. The van der Waals surface area contributed by atoms with Crippen molar-refractivity contribution in [3.05, 3.63) is 29.3 Å². The predicted molar refractivity (Wildman–Crippen MR) is 92.3 cm³/mol. The molecule has 4 heteroatoms. The van der Waals surface area contributed by atoms with Crippen molar-refractivity contribution in [2.75, 3.05) is 0 Å². The first kappa shape index (κ1) is 20.7. The number of hydrogen-bond donors (Lipinski definition) is 0. The van der Waals surface area contributed by atoms with E-state index in [1.165, 1.54) is 10.1 Å². The lowest BCUT2D eigenvalue weighted by Crippen LogP contribution is -2.37. The minimum atomic E-state index is 0. The van der Waals surface area contributed by atoms with Crippen LogP contribution in [0.4, 0.5) is 0 Å². The zero-order valence-corrected chi connectivity index (χ0v) is 15.5. The van der Waals surface area contributed by atoms with Crippen LogP contribution >= 0.6 is 0 Å². The molecule has 2 nitrogen and oxygen atoms in total. The van der Waals surface area contributed by atoms with Gasteiger partial charge in [-0.3, -0.25) is 0 Å². The highest BCUT2D eigenvalue weighted by Crippen LogP contribution is 2.25. The van der Waals surface area contributed by atoms with Crippen LogP contribution in [0.3, 0.4) is 0 Å². The van der Waals surface area contributed by atoms with Gasteiger partial charge in [-0.2, -0.15) is 0 Å². The second kappa shape index (κ2) is 8.56. The van der Waals surface area contributed by atoms with Gasteiger partial charge in [-0.15, -0.1) is 0 Å². The lowest BCUT2D eigenvalue weighted by molar-refractivity contribution is 0.794. The van der Waals surface area contributed by atoms with E-state index in [9.17, 15) is 0 Å². The van der Waals surface area contributed by atoms with Gasteiger partial charge in [0.05, 0.1) is 0 Å². The standard InChI is InChI=1S/C15H27BSi.2H2O/c1-10(2)13-8-7-9-14(15(13)11(3)4)16(17)12(5)6;;/h7-12H,1-6,17H3;2*1H2. The molecule has 19 heavy (non-hydrogen) atoms. The summed E-state index contributed by atoms with van der Waals surface area (Å²) in [7, 11) is 1.25. The maximum atomic E-state index is 2.36. The lowest BCUT2D eigenvalue weighted by Gasteiger charge is -2.24. The molecule has 0 saturated carbocycles. The SMILES string of the molecule is CC(C)B([SiH3])c1cccc(C(C)C)c1C(C)C.O.O. The van der Waals surface area contributed by atoms with E-state index in [2.05, 4.69) is 59.7 Å². The van der Waals surface area contributed by atoms with Crippen molar-refractivity contribution in [1.82, 2.24) is 0 Å². The van der Waals surface area contributed by atoms with Gasteiger partial charge >= 0.3 is 0 Å². The van der Waals surface area contributed by atoms with E-state index in [0.717, 1.165) is 12.1 Å². The van der Waals surface area contributed by atoms with Crippen molar-refractivity contribution in [3.8, 4) is 0 Å². The van der Waals surface area contributed by atoms with Gasteiger partial charge in [-0.25, -0.2) is 0 Å². The van der Waals surface area contributed by atoms with Gasteiger partial charge < -0.3 is 11.0 Å². The van der Waals surface area contributed by atoms with Crippen LogP contribution in [0.1, 0.15) is 64.5 Å². The van der Waals surface area contributed by atoms with E-state index in [1.807, 2.05) is 0 Å². The summed E-state index contributed by atoms with van der Waals surface area (Å²) in [6.07, 6.45) is 0.783. The third-order valence-corrected chi connectivity index (χ3v) is 5.82. The molecule has 0 aliphatic rings. The summed E-state index contributed by atoms with van der Waals surface area (Å²) in [6, 6.07) is 6.93. The largest absolute Gasteiger partial charge is 0.412 e. The Balaban J connectivity index is 0. The zero-order valence-electron chi connectivity index (χ0n) is 13.5. The molecule has 0 fully saturated rings. The summed E-state index contributed by atoms with van der Waals surface area (Å²) in [5, 5.41) is 0. The smallest absolute Gasteiger partial charge is 0.161 e. The molecule has 110 valence electrons. The van der Waals surface area contributed by atoms with Crippen LogP contribution in [0, 0.1) is 0 Å². The molecule has 0 amide bonds. The van der Waals surface area contributed by atoms with Crippen LogP contribution < -0.4 is 5.46 Å². The van der Waals surface area contributed by atoms with E-state index < -0.39 is 0 Å². The Labute approximate surface area is 122 Å². The molecule has 0 aliphatic heterocycles. The van der Waals surface area contributed by atoms with Crippen LogP contribution in [0.2, 0.25) is 5.82 Å². The van der Waals surface area contributed by atoms with E-state index in [1.54, 1.807) is 16.6 Å². The molecule has 1 rings (SSSR count). The Kier molecular flexibility index (Phi) is 9.35. The lowest BCUT2D eigenvalue weighted by atomic mass is 9.55. The van der Waals surface area contributed by atoms with Crippen molar-refractivity contribution in [1.29, 1.82) is 0 Å². The molecule has 0 aromatic heterocycles. The van der Waals surface area contributed by atoms with Crippen molar-refractivity contribution < 1.29 is 11.0 Å².